The predicted octanol–water partition coefficient (Wildman–Crippen LogP) is 5.10. The minimum atomic E-state index is -0.341. The molecule has 1 aliphatic carbocycles. The van der Waals surface area contributed by atoms with Gasteiger partial charge in [-0.3, -0.25) is 9.59 Å². The zero-order chi connectivity index (χ0) is 21.2. The fraction of sp³-hybridized carbons (Fsp3) is 0.320. The third-order valence-electron chi connectivity index (χ3n) is 5.89. The van der Waals surface area contributed by atoms with Gasteiger partial charge in [0.2, 0.25) is 5.89 Å². The van der Waals surface area contributed by atoms with Crippen LogP contribution in [0.3, 0.4) is 0 Å². The number of carbonyl (C=O) groups is 2. The minimum Gasteiger partial charge on any atom is -0.440 e. The van der Waals surface area contributed by atoms with Gasteiger partial charge in [0, 0.05) is 24.6 Å². The van der Waals surface area contributed by atoms with Crippen LogP contribution in [0.25, 0.3) is 11.5 Å². The number of hydrogen-bond donors (Lipinski definition) is 1. The van der Waals surface area contributed by atoms with E-state index in [1.54, 1.807) is 12.1 Å². The lowest BCUT2D eigenvalue weighted by Crippen LogP contribution is -2.36. The van der Waals surface area contributed by atoms with E-state index in [2.05, 4.69) is 10.3 Å². The molecule has 0 atom stereocenters. The Morgan fingerprint density at radius 3 is 2.39 bits per heavy atom. The van der Waals surface area contributed by atoms with Gasteiger partial charge in [0.05, 0.1) is 11.3 Å². The van der Waals surface area contributed by atoms with Crippen LogP contribution in [0.4, 0.5) is 5.69 Å². The summed E-state index contributed by atoms with van der Waals surface area (Å²) in [5.74, 6) is 0.937. The molecule has 31 heavy (non-hydrogen) atoms. The molecule has 1 aromatic heterocycles. The SMILES string of the molecule is O=C(Nc1ccccc1C(=O)N1CCCCC1)c1nc(-c2ccccc2)oc1C1CC1. The third kappa shape index (κ3) is 4.10. The molecule has 3 aromatic rings. The quantitative estimate of drug-likeness (QED) is 0.629. The second-order valence-electron chi connectivity index (χ2n) is 8.22. The second-order valence-corrected chi connectivity index (χ2v) is 8.22. The lowest BCUT2D eigenvalue weighted by Gasteiger charge is -2.27. The third-order valence-corrected chi connectivity index (χ3v) is 5.89. The molecule has 158 valence electrons. The van der Waals surface area contributed by atoms with Crippen LogP contribution in [0.1, 0.15) is 64.6 Å². The van der Waals surface area contributed by atoms with Crippen molar-refractivity contribution in [3.05, 3.63) is 71.6 Å². The van der Waals surface area contributed by atoms with Gasteiger partial charge in [-0.15, -0.1) is 0 Å². The zero-order valence-electron chi connectivity index (χ0n) is 17.3. The van der Waals surface area contributed by atoms with Crippen molar-refractivity contribution in [1.29, 1.82) is 0 Å². The molecule has 6 nitrogen and oxygen atoms in total. The van der Waals surface area contributed by atoms with E-state index in [0.717, 1.165) is 50.8 Å². The number of likely N-dealkylation sites (tertiary alicyclic amines) is 1. The number of carbonyl (C=O) groups excluding carboxylic acids is 2. The van der Waals surface area contributed by atoms with E-state index in [1.165, 1.54) is 0 Å². The average Bonchev–Trinajstić information content (AvgIpc) is 3.58. The van der Waals surface area contributed by atoms with Crippen LogP contribution < -0.4 is 5.32 Å². The number of aromatic nitrogens is 1. The summed E-state index contributed by atoms with van der Waals surface area (Å²) >= 11 is 0. The summed E-state index contributed by atoms with van der Waals surface area (Å²) in [6.45, 7) is 1.52. The number of nitrogens with one attached hydrogen (secondary N) is 1. The van der Waals surface area contributed by atoms with Gasteiger partial charge in [0.1, 0.15) is 5.76 Å². The van der Waals surface area contributed by atoms with Crippen molar-refractivity contribution in [3.63, 3.8) is 0 Å². The number of amides is 2. The minimum absolute atomic E-state index is 0.0388. The number of hydrogen-bond acceptors (Lipinski definition) is 4. The number of nitrogens with zero attached hydrogens (tertiary/aromatic N) is 2. The molecule has 1 N–H and O–H groups in total. The summed E-state index contributed by atoms with van der Waals surface area (Å²) in [5.41, 5.74) is 2.16. The number of piperidine rings is 1. The Hall–Kier alpha value is -3.41. The molecule has 0 unspecified atom stereocenters. The van der Waals surface area contributed by atoms with Crippen LogP contribution in [-0.2, 0) is 0 Å². The molecule has 1 aliphatic heterocycles. The summed E-state index contributed by atoms with van der Waals surface area (Å²) in [4.78, 5) is 32.7. The van der Waals surface area contributed by atoms with Crippen LogP contribution >= 0.6 is 0 Å². The van der Waals surface area contributed by atoms with E-state index in [-0.39, 0.29) is 17.7 Å². The summed E-state index contributed by atoms with van der Waals surface area (Å²) < 4.78 is 6.01. The summed E-state index contributed by atoms with van der Waals surface area (Å²) in [7, 11) is 0. The van der Waals surface area contributed by atoms with Gasteiger partial charge in [-0.2, -0.15) is 0 Å². The standard InChI is InChI=1S/C25H25N3O3/c29-23(21-22(17-13-14-17)31-24(27-21)18-9-3-1-4-10-18)26-20-12-6-5-11-19(20)25(30)28-15-7-2-8-16-28/h1,3-6,9-12,17H,2,7-8,13-16H2,(H,26,29). The fourth-order valence-corrected chi connectivity index (χ4v) is 4.05. The zero-order valence-corrected chi connectivity index (χ0v) is 17.3. The maximum absolute atomic E-state index is 13.2. The van der Waals surface area contributed by atoms with Gasteiger partial charge in [-0.05, 0) is 56.4 Å². The maximum Gasteiger partial charge on any atom is 0.277 e. The topological polar surface area (TPSA) is 75.4 Å². The van der Waals surface area contributed by atoms with Crippen LogP contribution in [-0.4, -0.2) is 34.8 Å². The summed E-state index contributed by atoms with van der Waals surface area (Å²) in [6, 6.07) is 16.8. The highest BCUT2D eigenvalue weighted by Gasteiger charge is 2.34. The number of benzene rings is 2. The Labute approximate surface area is 181 Å². The molecule has 0 spiro atoms. The smallest absolute Gasteiger partial charge is 0.277 e. The first-order valence-corrected chi connectivity index (χ1v) is 11.0. The normalized spacial score (nSPS) is 16.2. The Morgan fingerprint density at radius 2 is 1.65 bits per heavy atom. The van der Waals surface area contributed by atoms with Gasteiger partial charge in [0.25, 0.3) is 11.8 Å². The first-order valence-electron chi connectivity index (χ1n) is 11.0. The van der Waals surface area contributed by atoms with Crippen molar-refractivity contribution in [2.75, 3.05) is 18.4 Å². The molecular weight excluding hydrogens is 390 g/mol. The van der Waals surface area contributed by atoms with E-state index < -0.39 is 0 Å². The summed E-state index contributed by atoms with van der Waals surface area (Å²) in [6.07, 6.45) is 5.18. The van der Waals surface area contributed by atoms with Gasteiger partial charge in [-0.1, -0.05) is 30.3 Å². The highest BCUT2D eigenvalue weighted by atomic mass is 16.4. The monoisotopic (exact) mass is 415 g/mol. The first-order chi connectivity index (χ1) is 15.2. The van der Waals surface area contributed by atoms with Crippen molar-refractivity contribution in [1.82, 2.24) is 9.88 Å². The lowest BCUT2D eigenvalue weighted by molar-refractivity contribution is 0.0725. The van der Waals surface area contributed by atoms with Crippen molar-refractivity contribution in [3.8, 4) is 11.5 Å². The molecular formula is C25H25N3O3. The van der Waals surface area contributed by atoms with Crippen molar-refractivity contribution >= 4 is 17.5 Å². The fourth-order valence-electron chi connectivity index (χ4n) is 4.05. The predicted molar refractivity (Wildman–Crippen MR) is 118 cm³/mol. The Bertz CT molecular complexity index is 1100. The number of anilines is 1. The molecule has 2 aliphatic rings. The largest absolute Gasteiger partial charge is 0.440 e. The molecule has 1 saturated heterocycles. The number of oxazole rings is 1. The molecule has 2 aromatic carbocycles. The molecule has 0 bridgehead atoms. The van der Waals surface area contributed by atoms with Crippen LogP contribution in [0, 0.1) is 0 Å². The molecule has 0 radical (unpaired) electrons. The van der Waals surface area contributed by atoms with Crippen molar-refractivity contribution in [2.45, 2.75) is 38.0 Å². The van der Waals surface area contributed by atoms with Gasteiger partial charge >= 0.3 is 0 Å². The van der Waals surface area contributed by atoms with E-state index >= 15 is 0 Å². The number of para-hydroxylation sites is 1. The van der Waals surface area contributed by atoms with Gasteiger partial charge in [-0.25, -0.2) is 4.98 Å². The Morgan fingerprint density at radius 1 is 0.935 bits per heavy atom. The van der Waals surface area contributed by atoms with Gasteiger partial charge in [0.15, 0.2) is 5.69 Å². The molecule has 1 saturated carbocycles. The van der Waals surface area contributed by atoms with E-state index in [9.17, 15) is 9.59 Å². The van der Waals surface area contributed by atoms with Crippen LogP contribution in [0.2, 0.25) is 0 Å². The molecule has 2 heterocycles. The van der Waals surface area contributed by atoms with Gasteiger partial charge < -0.3 is 14.6 Å². The molecule has 2 fully saturated rings. The maximum atomic E-state index is 13.2. The van der Waals surface area contributed by atoms with E-state index in [4.69, 9.17) is 4.42 Å². The second kappa shape index (κ2) is 8.38. The number of rotatable bonds is 5. The lowest BCUT2D eigenvalue weighted by atomic mass is 10.1. The summed E-state index contributed by atoms with van der Waals surface area (Å²) in [5, 5.41) is 2.93. The molecule has 6 heteroatoms. The van der Waals surface area contributed by atoms with E-state index in [0.29, 0.717) is 28.6 Å². The Kier molecular flexibility index (Phi) is 5.28. The highest BCUT2D eigenvalue weighted by Crippen LogP contribution is 2.43. The van der Waals surface area contributed by atoms with Crippen LogP contribution in [0.15, 0.2) is 59.0 Å². The van der Waals surface area contributed by atoms with E-state index in [1.807, 2.05) is 47.4 Å². The Balaban J connectivity index is 1.42. The average molecular weight is 415 g/mol. The van der Waals surface area contributed by atoms with Crippen molar-refractivity contribution in [2.24, 2.45) is 0 Å². The first kappa shape index (κ1) is 19.5. The van der Waals surface area contributed by atoms with Crippen molar-refractivity contribution < 1.29 is 14.0 Å². The highest BCUT2D eigenvalue weighted by molar-refractivity contribution is 6.08. The van der Waals surface area contributed by atoms with Crippen LogP contribution in [0.5, 0.6) is 0 Å². The molecule has 2 amide bonds. The molecule has 5 rings (SSSR count).